The zero-order valence-electron chi connectivity index (χ0n) is 35.9. The van der Waals surface area contributed by atoms with Crippen LogP contribution in [-0.4, -0.2) is 90.1 Å². The van der Waals surface area contributed by atoms with E-state index in [1.54, 1.807) is 0 Å². The molecule has 0 amide bonds. The molecule has 15 heteroatoms. The summed E-state index contributed by atoms with van der Waals surface area (Å²) >= 11 is 0. The third-order valence-corrected chi connectivity index (χ3v) is 11.3. The van der Waals surface area contributed by atoms with Gasteiger partial charge in [-0.2, -0.15) is 0 Å². The number of carbonyl (C=O) groups excluding carboxylic acids is 2. The van der Waals surface area contributed by atoms with Gasteiger partial charge in [0.1, 0.15) is 19.3 Å². The van der Waals surface area contributed by atoms with Gasteiger partial charge in [0.05, 0.1) is 27.7 Å². The van der Waals surface area contributed by atoms with Gasteiger partial charge in [-0.25, -0.2) is 9.36 Å². The quantitative estimate of drug-likeness (QED) is 0.0295. The van der Waals surface area contributed by atoms with Crippen LogP contribution in [0.1, 0.15) is 174 Å². The van der Waals surface area contributed by atoms with E-state index >= 15 is 0 Å². The summed E-state index contributed by atoms with van der Waals surface area (Å²) in [6.07, 6.45) is 20.9. The molecule has 1 saturated heterocycles. The molecule has 330 valence electrons. The van der Waals surface area contributed by atoms with Crippen molar-refractivity contribution in [3.05, 3.63) is 33.1 Å². The Morgan fingerprint density at radius 1 is 0.719 bits per heavy atom. The second-order valence-corrected chi connectivity index (χ2v) is 18.1. The largest absolute Gasteiger partial charge is 0.472 e. The van der Waals surface area contributed by atoms with Crippen molar-refractivity contribution in [1.29, 1.82) is 0 Å². The fraction of sp³-hybridized carbons (Fsp3) is 0.857. The van der Waals surface area contributed by atoms with E-state index in [1.165, 1.54) is 96.1 Å². The van der Waals surface area contributed by atoms with Gasteiger partial charge in [0.2, 0.25) is 0 Å². The zero-order chi connectivity index (χ0) is 41.9. The first-order chi connectivity index (χ1) is 27.3. The fourth-order valence-corrected chi connectivity index (χ4v) is 7.61. The van der Waals surface area contributed by atoms with Crippen LogP contribution in [-0.2, 0) is 37.4 Å². The topological polar surface area (TPSA) is 172 Å². The maximum atomic E-state index is 13.3. The Hall–Kier alpha value is -2.35. The normalized spacial score (nSPS) is 19.4. The minimum absolute atomic E-state index is 0.0607. The number of nitrogens with one attached hydrogen (secondary N) is 1. The number of likely N-dealkylation sites (N-methyl/N-ethyl adjacent to an activating group) is 1. The van der Waals surface area contributed by atoms with Crippen LogP contribution in [0.15, 0.2) is 21.9 Å². The van der Waals surface area contributed by atoms with Gasteiger partial charge in [0, 0.05) is 25.1 Å². The Balaban J connectivity index is 2.10. The Morgan fingerprint density at radius 3 is 1.60 bits per heavy atom. The molecule has 1 aliphatic rings. The van der Waals surface area contributed by atoms with Gasteiger partial charge in [0.15, 0.2) is 18.4 Å². The molecular weight excluding hydrogens is 753 g/mol. The van der Waals surface area contributed by atoms with E-state index in [2.05, 4.69) is 18.8 Å². The number of nitrogens with zero attached hydrogens (tertiary/aromatic N) is 2. The minimum atomic E-state index is -4.58. The molecule has 0 spiro atoms. The molecule has 1 aromatic rings. The maximum absolute atomic E-state index is 13.3. The summed E-state index contributed by atoms with van der Waals surface area (Å²) in [6, 6.07) is 1.12. The van der Waals surface area contributed by atoms with Gasteiger partial charge in [0.25, 0.3) is 5.56 Å². The highest BCUT2D eigenvalue weighted by Gasteiger charge is 2.51. The number of H-pyrrole nitrogens is 1. The molecule has 2 N–H and O–H groups in total. The highest BCUT2D eigenvalue weighted by Crippen LogP contribution is 2.45. The highest BCUT2D eigenvalue weighted by molar-refractivity contribution is 7.47. The number of esters is 2. The number of aromatic nitrogens is 2. The van der Waals surface area contributed by atoms with Gasteiger partial charge >= 0.3 is 25.5 Å². The molecule has 0 aliphatic carbocycles. The van der Waals surface area contributed by atoms with Crippen molar-refractivity contribution < 1.29 is 46.8 Å². The third-order valence-electron chi connectivity index (χ3n) is 10.3. The summed E-state index contributed by atoms with van der Waals surface area (Å²) in [5, 5.41) is 0. The molecule has 1 aromatic heterocycles. The average Bonchev–Trinajstić information content (AvgIpc) is 3.46. The Kier molecular flexibility index (Phi) is 25.8. The lowest BCUT2D eigenvalue weighted by molar-refractivity contribution is -0.870. The van der Waals surface area contributed by atoms with E-state index in [0.717, 1.165) is 49.2 Å². The molecule has 0 radical (unpaired) electrons. The molecule has 1 aliphatic heterocycles. The van der Waals surface area contributed by atoms with Crippen LogP contribution in [0.5, 0.6) is 0 Å². The van der Waals surface area contributed by atoms with Crippen molar-refractivity contribution in [3.8, 4) is 0 Å². The van der Waals surface area contributed by atoms with Crippen LogP contribution in [0.4, 0.5) is 0 Å². The zero-order valence-corrected chi connectivity index (χ0v) is 36.8. The van der Waals surface area contributed by atoms with Gasteiger partial charge in [-0.15, -0.1) is 0 Å². The van der Waals surface area contributed by atoms with Crippen molar-refractivity contribution in [3.63, 3.8) is 0 Å². The first-order valence-electron chi connectivity index (χ1n) is 22.0. The van der Waals surface area contributed by atoms with Crippen LogP contribution in [0, 0.1) is 0 Å². The van der Waals surface area contributed by atoms with Crippen molar-refractivity contribution in [2.24, 2.45) is 0 Å². The lowest BCUT2D eigenvalue weighted by Crippen LogP contribution is -2.42. The summed E-state index contributed by atoms with van der Waals surface area (Å²) < 4.78 is 42.9. The number of unbranched alkanes of at least 4 members (excludes halogenated alkanes) is 20. The van der Waals surface area contributed by atoms with E-state index in [1.807, 2.05) is 21.1 Å². The van der Waals surface area contributed by atoms with Gasteiger partial charge in [-0.3, -0.25) is 33.0 Å². The number of quaternary nitrogens is 1. The van der Waals surface area contributed by atoms with Crippen molar-refractivity contribution in [1.82, 2.24) is 9.55 Å². The summed E-state index contributed by atoms with van der Waals surface area (Å²) in [5.74, 6) is -1.12. The number of rotatable bonds is 34. The molecule has 5 atom stereocenters. The van der Waals surface area contributed by atoms with E-state index in [9.17, 15) is 28.6 Å². The van der Waals surface area contributed by atoms with Crippen molar-refractivity contribution >= 4 is 19.8 Å². The lowest BCUT2D eigenvalue weighted by atomic mass is 10.1. The maximum Gasteiger partial charge on any atom is 0.472 e. The van der Waals surface area contributed by atoms with Crippen LogP contribution < -0.4 is 11.2 Å². The van der Waals surface area contributed by atoms with E-state index in [4.69, 9.17) is 23.3 Å². The second kappa shape index (κ2) is 29.0. The molecule has 14 nitrogen and oxygen atoms in total. The predicted octanol–water partition coefficient (Wildman–Crippen LogP) is 8.50. The minimum Gasteiger partial charge on any atom is -0.455 e. The lowest BCUT2D eigenvalue weighted by Gasteiger charge is -2.25. The number of carbonyl (C=O) groups is 2. The third kappa shape index (κ3) is 23.1. The first kappa shape index (κ1) is 50.8. The number of hydrogen-bond acceptors (Lipinski definition) is 10. The van der Waals surface area contributed by atoms with Crippen LogP contribution >= 0.6 is 7.82 Å². The average molecular weight is 831 g/mol. The van der Waals surface area contributed by atoms with Gasteiger partial charge in [-0.05, 0) is 12.8 Å². The molecule has 1 unspecified atom stereocenters. The van der Waals surface area contributed by atoms with E-state index in [0.29, 0.717) is 23.9 Å². The molecule has 0 saturated carbocycles. The van der Waals surface area contributed by atoms with Crippen molar-refractivity contribution in [2.75, 3.05) is 40.9 Å². The summed E-state index contributed by atoms with van der Waals surface area (Å²) in [5.41, 5.74) is -1.47. The standard InChI is InChI=1S/C42H76N3O11P/c1-6-8-10-12-14-16-18-20-22-24-26-28-37(47)55-39-35(34-53-57(50,51)52-33-32-45(3,4)5)54-41(44-31-30-36(46)43-42(44)49)40(39)56-38(48)29-27-25-23-21-19-17-15-13-11-9-7-2/h30-31,35,39-41H,6-29,32-34H2,1-5H3,(H-,43,46,49,50,51)/p+1/t35-,39-,40-,41-/m1/s1. The first-order valence-corrected chi connectivity index (χ1v) is 23.5. The SMILES string of the molecule is CCCCCCCCCCCCCC(=O)O[C@@H]1[C@H](OC(=O)CCCCCCCCCCCCC)[C@@H](COP(=O)(O)OCC[N+](C)(C)C)O[C@H]1n1ccc(=O)[nH]c1=O. The summed E-state index contributed by atoms with van der Waals surface area (Å²) in [7, 11) is 1.15. The number of hydrogen-bond donors (Lipinski definition) is 2. The predicted molar refractivity (Wildman–Crippen MR) is 222 cm³/mol. The van der Waals surface area contributed by atoms with Crippen LogP contribution in [0.25, 0.3) is 0 Å². The van der Waals surface area contributed by atoms with Gasteiger partial charge in [-0.1, -0.05) is 142 Å². The summed E-state index contributed by atoms with van der Waals surface area (Å²) in [4.78, 5) is 64.2. The molecule has 0 bridgehead atoms. The Labute approximate surface area is 341 Å². The number of phosphoric ester groups is 1. The number of aromatic amines is 1. The molecule has 0 aromatic carbocycles. The number of ether oxygens (including phenoxy) is 3. The summed E-state index contributed by atoms with van der Waals surface area (Å²) in [6.45, 7) is 4.23. The second-order valence-electron chi connectivity index (χ2n) is 16.7. The molecule has 1 fully saturated rings. The molecule has 2 heterocycles. The monoisotopic (exact) mass is 831 g/mol. The van der Waals surface area contributed by atoms with E-state index < -0.39 is 62.2 Å². The van der Waals surface area contributed by atoms with Crippen LogP contribution in [0.2, 0.25) is 0 Å². The van der Waals surface area contributed by atoms with Crippen molar-refractivity contribution in [2.45, 2.75) is 192 Å². The molecular formula is C42H77N3O11P+. The van der Waals surface area contributed by atoms with Gasteiger partial charge < -0.3 is 23.6 Å². The number of phosphoric acid groups is 1. The highest BCUT2D eigenvalue weighted by atomic mass is 31.2. The Morgan fingerprint density at radius 2 is 1.16 bits per heavy atom. The fourth-order valence-electron chi connectivity index (χ4n) is 6.89. The van der Waals surface area contributed by atoms with Crippen LogP contribution in [0.3, 0.4) is 0 Å². The van der Waals surface area contributed by atoms with E-state index in [-0.39, 0.29) is 19.4 Å². The smallest absolute Gasteiger partial charge is 0.455 e. The Bertz CT molecular complexity index is 1410. The molecule has 57 heavy (non-hydrogen) atoms. The molecule has 2 rings (SSSR count).